The molecule has 0 unspecified atom stereocenters. The number of carbonyl (C=O) groups is 2. The van der Waals surface area contributed by atoms with Crippen molar-refractivity contribution < 1.29 is 14.0 Å². The van der Waals surface area contributed by atoms with E-state index in [2.05, 4.69) is 16.0 Å². The third-order valence-corrected chi connectivity index (χ3v) is 3.65. The quantitative estimate of drug-likeness (QED) is 0.749. The molecular formula is C15H23N3O3. The molecule has 21 heavy (non-hydrogen) atoms. The molecule has 6 heteroatoms. The van der Waals surface area contributed by atoms with Crippen LogP contribution in [0.15, 0.2) is 23.0 Å². The highest BCUT2D eigenvalue weighted by molar-refractivity contribution is 5.78. The summed E-state index contributed by atoms with van der Waals surface area (Å²) in [6.07, 6.45) is 9.17. The van der Waals surface area contributed by atoms with Gasteiger partial charge in [0.25, 0.3) is 0 Å². The summed E-state index contributed by atoms with van der Waals surface area (Å²) in [5, 5.41) is 8.45. The van der Waals surface area contributed by atoms with Crippen molar-refractivity contribution in [3.8, 4) is 0 Å². The van der Waals surface area contributed by atoms with Gasteiger partial charge < -0.3 is 20.4 Å². The summed E-state index contributed by atoms with van der Waals surface area (Å²) in [6, 6.07) is 1.91. The predicted octanol–water partition coefficient (Wildman–Crippen LogP) is 1.92. The average molecular weight is 293 g/mol. The molecule has 3 amide bonds. The van der Waals surface area contributed by atoms with Crippen molar-refractivity contribution in [1.82, 2.24) is 16.0 Å². The maximum Gasteiger partial charge on any atom is 0.315 e. The number of urea groups is 1. The first kappa shape index (κ1) is 15.4. The molecule has 1 aromatic rings. The van der Waals surface area contributed by atoms with Gasteiger partial charge in [0.05, 0.1) is 12.5 Å². The molecule has 0 radical (unpaired) electrons. The van der Waals surface area contributed by atoms with Crippen LogP contribution in [0.3, 0.4) is 0 Å². The molecule has 0 bridgehead atoms. The Morgan fingerprint density at radius 3 is 2.71 bits per heavy atom. The topological polar surface area (TPSA) is 83.4 Å². The summed E-state index contributed by atoms with van der Waals surface area (Å²) in [6.45, 7) is 0.791. The number of carbonyl (C=O) groups excluding carboxylic acids is 2. The van der Waals surface area contributed by atoms with E-state index in [9.17, 15) is 9.59 Å². The molecule has 0 spiro atoms. The summed E-state index contributed by atoms with van der Waals surface area (Å²) in [5.74, 6) is -0.0887. The van der Waals surface area contributed by atoms with Crippen molar-refractivity contribution >= 4 is 11.9 Å². The van der Waals surface area contributed by atoms with Gasteiger partial charge in [-0.3, -0.25) is 4.79 Å². The van der Waals surface area contributed by atoms with E-state index in [0.717, 1.165) is 18.4 Å². The van der Waals surface area contributed by atoms with Gasteiger partial charge in [-0.25, -0.2) is 4.79 Å². The van der Waals surface area contributed by atoms with Crippen molar-refractivity contribution in [3.63, 3.8) is 0 Å². The van der Waals surface area contributed by atoms with Gasteiger partial charge in [-0.05, 0) is 18.9 Å². The van der Waals surface area contributed by atoms with Crippen molar-refractivity contribution in [2.75, 3.05) is 6.54 Å². The fraction of sp³-hybridized carbons (Fsp3) is 0.600. The van der Waals surface area contributed by atoms with Crippen LogP contribution in [0.25, 0.3) is 0 Å². The number of furan rings is 1. The zero-order valence-electron chi connectivity index (χ0n) is 12.2. The Morgan fingerprint density at radius 2 is 2.00 bits per heavy atom. The van der Waals surface area contributed by atoms with Crippen LogP contribution in [-0.2, 0) is 11.3 Å². The maximum atomic E-state index is 11.7. The van der Waals surface area contributed by atoms with Gasteiger partial charge in [-0.2, -0.15) is 0 Å². The van der Waals surface area contributed by atoms with E-state index in [1.165, 1.54) is 19.3 Å². The van der Waals surface area contributed by atoms with Gasteiger partial charge in [0, 0.05) is 31.1 Å². The summed E-state index contributed by atoms with van der Waals surface area (Å²) >= 11 is 0. The molecule has 0 aromatic carbocycles. The Kier molecular flexibility index (Phi) is 6.12. The van der Waals surface area contributed by atoms with Crippen molar-refractivity contribution in [2.45, 2.75) is 51.1 Å². The van der Waals surface area contributed by atoms with E-state index in [1.807, 2.05) is 0 Å². The number of nitrogens with one attached hydrogen (secondary N) is 3. The summed E-state index contributed by atoms with van der Waals surface area (Å²) in [7, 11) is 0. The smallest absolute Gasteiger partial charge is 0.315 e. The molecule has 1 aliphatic carbocycles. The molecule has 6 nitrogen and oxygen atoms in total. The van der Waals surface area contributed by atoms with Crippen molar-refractivity contribution in [3.05, 3.63) is 24.2 Å². The molecule has 1 fully saturated rings. The Balaban J connectivity index is 1.53. The standard InChI is InChI=1S/C15H23N3O3/c19-14(17-10-12-7-9-21-11-12)6-8-16-15(20)18-13-4-2-1-3-5-13/h7,9,11,13H,1-6,8,10H2,(H,17,19)(H2,16,18,20). The van der Waals surface area contributed by atoms with Crippen molar-refractivity contribution in [1.29, 1.82) is 0 Å². The van der Waals surface area contributed by atoms with Crippen LogP contribution in [0, 0.1) is 0 Å². The molecule has 1 aliphatic rings. The average Bonchev–Trinajstić information content (AvgIpc) is 2.99. The van der Waals surface area contributed by atoms with E-state index in [-0.39, 0.29) is 24.4 Å². The molecule has 0 aliphatic heterocycles. The highest BCUT2D eigenvalue weighted by Crippen LogP contribution is 2.17. The summed E-state index contributed by atoms with van der Waals surface area (Å²) in [4.78, 5) is 23.3. The van der Waals surface area contributed by atoms with Gasteiger partial charge in [0.2, 0.25) is 5.91 Å². The first-order chi connectivity index (χ1) is 10.2. The number of hydrogen-bond donors (Lipinski definition) is 3. The molecule has 0 atom stereocenters. The van der Waals surface area contributed by atoms with Crippen LogP contribution in [0.4, 0.5) is 4.79 Å². The van der Waals surface area contributed by atoms with E-state index < -0.39 is 0 Å². The maximum absolute atomic E-state index is 11.7. The molecule has 116 valence electrons. The minimum atomic E-state index is -0.176. The molecule has 1 saturated carbocycles. The number of rotatable bonds is 6. The van der Waals surface area contributed by atoms with Crippen LogP contribution in [0.5, 0.6) is 0 Å². The first-order valence-corrected chi connectivity index (χ1v) is 7.56. The second-order valence-electron chi connectivity index (χ2n) is 5.39. The van der Waals surface area contributed by atoms with Gasteiger partial charge in [0.1, 0.15) is 0 Å². The third kappa shape index (κ3) is 5.89. The lowest BCUT2D eigenvalue weighted by Gasteiger charge is -2.22. The predicted molar refractivity (Wildman–Crippen MR) is 78.6 cm³/mol. The van der Waals surface area contributed by atoms with E-state index >= 15 is 0 Å². The van der Waals surface area contributed by atoms with Crippen LogP contribution >= 0.6 is 0 Å². The van der Waals surface area contributed by atoms with Gasteiger partial charge in [-0.1, -0.05) is 19.3 Å². The zero-order valence-corrected chi connectivity index (χ0v) is 12.2. The third-order valence-electron chi connectivity index (χ3n) is 3.65. The Bertz CT molecular complexity index is 439. The van der Waals surface area contributed by atoms with Crippen LogP contribution in [-0.4, -0.2) is 24.5 Å². The zero-order chi connectivity index (χ0) is 14.9. The Hall–Kier alpha value is -1.98. The molecule has 1 aromatic heterocycles. The molecule has 0 saturated heterocycles. The molecule has 1 heterocycles. The number of hydrogen-bond acceptors (Lipinski definition) is 3. The van der Waals surface area contributed by atoms with E-state index in [1.54, 1.807) is 18.6 Å². The lowest BCUT2D eigenvalue weighted by molar-refractivity contribution is -0.121. The lowest BCUT2D eigenvalue weighted by atomic mass is 9.96. The minimum Gasteiger partial charge on any atom is -0.472 e. The highest BCUT2D eigenvalue weighted by atomic mass is 16.3. The molecule has 3 N–H and O–H groups in total. The van der Waals surface area contributed by atoms with Gasteiger partial charge in [0.15, 0.2) is 0 Å². The van der Waals surface area contributed by atoms with Crippen LogP contribution in [0.2, 0.25) is 0 Å². The van der Waals surface area contributed by atoms with E-state index in [4.69, 9.17) is 4.42 Å². The second kappa shape index (κ2) is 8.34. The Morgan fingerprint density at radius 1 is 1.19 bits per heavy atom. The highest BCUT2D eigenvalue weighted by Gasteiger charge is 2.15. The fourth-order valence-electron chi connectivity index (χ4n) is 2.46. The van der Waals surface area contributed by atoms with Gasteiger partial charge >= 0.3 is 6.03 Å². The number of amides is 3. The summed E-state index contributed by atoms with van der Waals surface area (Å²) < 4.78 is 4.91. The SMILES string of the molecule is O=C(CCNC(=O)NC1CCCCC1)NCc1ccoc1. The largest absolute Gasteiger partial charge is 0.472 e. The minimum absolute atomic E-state index is 0.0887. The van der Waals surface area contributed by atoms with Crippen LogP contribution in [0.1, 0.15) is 44.1 Å². The lowest BCUT2D eigenvalue weighted by Crippen LogP contribution is -2.43. The normalized spacial score (nSPS) is 15.4. The Labute approximate surface area is 124 Å². The monoisotopic (exact) mass is 293 g/mol. The summed E-state index contributed by atoms with van der Waals surface area (Å²) in [5.41, 5.74) is 0.923. The molecular weight excluding hydrogens is 270 g/mol. The van der Waals surface area contributed by atoms with E-state index in [0.29, 0.717) is 13.1 Å². The fourth-order valence-corrected chi connectivity index (χ4v) is 2.46. The second-order valence-corrected chi connectivity index (χ2v) is 5.39. The van der Waals surface area contributed by atoms with Crippen molar-refractivity contribution in [2.24, 2.45) is 0 Å². The first-order valence-electron chi connectivity index (χ1n) is 7.56. The van der Waals surface area contributed by atoms with Crippen LogP contribution < -0.4 is 16.0 Å². The molecule has 2 rings (SSSR count). The van der Waals surface area contributed by atoms with Gasteiger partial charge in [-0.15, -0.1) is 0 Å².